The van der Waals surface area contributed by atoms with Gasteiger partial charge in [-0.2, -0.15) is 0 Å². The van der Waals surface area contributed by atoms with E-state index in [9.17, 15) is 4.79 Å². The van der Waals surface area contributed by atoms with Crippen molar-refractivity contribution in [3.8, 4) is 11.5 Å². The van der Waals surface area contributed by atoms with Gasteiger partial charge in [0.1, 0.15) is 0 Å². The van der Waals surface area contributed by atoms with Gasteiger partial charge < -0.3 is 14.4 Å². The Balaban J connectivity index is 1.60. The molecule has 1 aliphatic rings. The van der Waals surface area contributed by atoms with Crippen molar-refractivity contribution in [2.24, 2.45) is 0 Å². The van der Waals surface area contributed by atoms with Crippen molar-refractivity contribution in [1.29, 1.82) is 0 Å². The summed E-state index contributed by atoms with van der Waals surface area (Å²) in [5.41, 5.74) is 3.99. The van der Waals surface area contributed by atoms with Crippen LogP contribution in [-0.2, 0) is 17.8 Å². The molecule has 0 spiro atoms. The van der Waals surface area contributed by atoms with E-state index in [1.807, 2.05) is 45.4 Å². The Morgan fingerprint density at radius 3 is 2.58 bits per heavy atom. The summed E-state index contributed by atoms with van der Waals surface area (Å²) in [5.74, 6) is 1.58. The topological polar surface area (TPSA) is 64.6 Å². The van der Waals surface area contributed by atoms with E-state index in [1.54, 1.807) is 4.90 Å². The van der Waals surface area contributed by atoms with Gasteiger partial charge in [0.05, 0.1) is 0 Å². The van der Waals surface area contributed by atoms with Crippen molar-refractivity contribution in [3.63, 3.8) is 0 Å². The second-order valence-electron chi connectivity index (χ2n) is 6.30. The van der Waals surface area contributed by atoms with Crippen LogP contribution in [0.15, 0.2) is 23.4 Å². The highest BCUT2D eigenvalue weighted by Gasteiger charge is 2.16. The molecule has 138 valence electrons. The van der Waals surface area contributed by atoms with E-state index in [0.29, 0.717) is 19.4 Å². The van der Waals surface area contributed by atoms with Crippen LogP contribution in [-0.4, -0.2) is 40.9 Å². The van der Waals surface area contributed by atoms with Crippen molar-refractivity contribution in [2.75, 3.05) is 20.1 Å². The van der Waals surface area contributed by atoms with Gasteiger partial charge in [0.25, 0.3) is 0 Å². The summed E-state index contributed by atoms with van der Waals surface area (Å²) in [7, 11) is 1.82. The number of fused-ring (bicyclic) bond motifs is 1. The fraction of sp³-hybridized carbons (Fsp3) is 0.421. The van der Waals surface area contributed by atoms with Crippen molar-refractivity contribution < 1.29 is 14.3 Å². The summed E-state index contributed by atoms with van der Waals surface area (Å²) in [4.78, 5) is 23.2. The smallest absolute Gasteiger partial charge is 0.231 e. The molecule has 0 N–H and O–H groups in total. The van der Waals surface area contributed by atoms with Crippen LogP contribution in [0, 0.1) is 13.8 Å². The molecule has 0 unspecified atom stereocenters. The number of hydrogen-bond acceptors (Lipinski definition) is 6. The third kappa shape index (κ3) is 4.09. The molecule has 0 bridgehead atoms. The van der Waals surface area contributed by atoms with Gasteiger partial charge in [-0.05, 0) is 49.8 Å². The van der Waals surface area contributed by atoms with Crippen molar-refractivity contribution in [3.05, 3.63) is 40.7 Å². The highest BCUT2D eigenvalue weighted by atomic mass is 32.2. The van der Waals surface area contributed by atoms with Gasteiger partial charge in [-0.1, -0.05) is 17.8 Å². The van der Waals surface area contributed by atoms with Crippen molar-refractivity contribution in [2.45, 2.75) is 38.4 Å². The first-order chi connectivity index (χ1) is 12.5. The monoisotopic (exact) mass is 373 g/mol. The van der Waals surface area contributed by atoms with Crippen LogP contribution in [0.1, 0.15) is 28.9 Å². The fourth-order valence-electron chi connectivity index (χ4n) is 2.99. The zero-order valence-corrected chi connectivity index (χ0v) is 16.4. The minimum Gasteiger partial charge on any atom is -0.454 e. The first-order valence-corrected chi connectivity index (χ1v) is 9.71. The molecule has 0 radical (unpaired) electrons. The lowest BCUT2D eigenvalue weighted by molar-refractivity contribution is -0.130. The summed E-state index contributed by atoms with van der Waals surface area (Å²) < 4.78 is 10.7. The first-order valence-electron chi connectivity index (χ1n) is 8.48. The van der Waals surface area contributed by atoms with Crippen LogP contribution in [0.5, 0.6) is 11.5 Å². The summed E-state index contributed by atoms with van der Waals surface area (Å²) in [5, 5.41) is 0.773. The molecule has 2 aromatic rings. The Bertz CT molecular complexity index is 803. The molecule has 0 aliphatic carbocycles. The zero-order valence-electron chi connectivity index (χ0n) is 15.5. The van der Waals surface area contributed by atoms with E-state index in [4.69, 9.17) is 9.47 Å². The number of rotatable bonds is 6. The molecular formula is C19H23N3O3S. The van der Waals surface area contributed by atoms with Gasteiger partial charge >= 0.3 is 0 Å². The minimum absolute atomic E-state index is 0.0930. The predicted octanol–water partition coefficient (Wildman–Crippen LogP) is 3.14. The summed E-state index contributed by atoms with van der Waals surface area (Å²) in [6.07, 6.45) is 3.05. The number of ether oxygens (including phenoxy) is 2. The number of carbonyl (C=O) groups is 1. The number of benzene rings is 1. The van der Waals surface area contributed by atoms with Gasteiger partial charge in [0, 0.05) is 31.4 Å². The second kappa shape index (κ2) is 7.95. The molecular weight excluding hydrogens is 350 g/mol. The molecule has 7 heteroatoms. The Morgan fingerprint density at radius 1 is 1.19 bits per heavy atom. The van der Waals surface area contributed by atoms with Crippen LogP contribution in [0.3, 0.4) is 0 Å². The number of nitrogens with zero attached hydrogens (tertiary/aromatic N) is 3. The Labute approximate surface area is 157 Å². The van der Waals surface area contributed by atoms with Gasteiger partial charge in [-0.25, -0.2) is 9.97 Å². The highest BCUT2D eigenvalue weighted by Crippen LogP contribution is 2.32. The van der Waals surface area contributed by atoms with Gasteiger partial charge in [0.2, 0.25) is 12.7 Å². The van der Waals surface area contributed by atoms with Crippen molar-refractivity contribution >= 4 is 17.7 Å². The van der Waals surface area contributed by atoms with Crippen LogP contribution in [0.25, 0.3) is 0 Å². The first kappa shape index (κ1) is 18.5. The third-order valence-electron chi connectivity index (χ3n) is 4.45. The molecule has 3 rings (SSSR count). The molecule has 0 fully saturated rings. The summed E-state index contributed by atoms with van der Waals surface area (Å²) in [6, 6.07) is 5.77. The van der Waals surface area contributed by atoms with E-state index in [-0.39, 0.29) is 12.7 Å². The molecule has 0 saturated heterocycles. The van der Waals surface area contributed by atoms with Crippen LogP contribution < -0.4 is 9.47 Å². The maximum absolute atomic E-state index is 12.5. The molecule has 1 aromatic carbocycles. The number of hydrogen-bond donors (Lipinski definition) is 0. The van der Waals surface area contributed by atoms with E-state index >= 15 is 0 Å². The van der Waals surface area contributed by atoms with E-state index in [2.05, 4.69) is 9.97 Å². The molecule has 0 atom stereocenters. The second-order valence-corrected chi connectivity index (χ2v) is 7.07. The molecule has 6 nitrogen and oxygen atoms in total. The lowest BCUT2D eigenvalue weighted by Crippen LogP contribution is -2.26. The summed E-state index contributed by atoms with van der Waals surface area (Å²) in [6.45, 7) is 4.74. The third-order valence-corrected chi connectivity index (χ3v) is 5.00. The number of aryl methyl sites for hydroxylation is 2. The normalized spacial score (nSPS) is 12.3. The Morgan fingerprint density at radius 2 is 1.88 bits per heavy atom. The maximum atomic E-state index is 12.5. The molecule has 1 aromatic heterocycles. The predicted molar refractivity (Wildman–Crippen MR) is 101 cm³/mol. The van der Waals surface area contributed by atoms with Crippen LogP contribution in [0.2, 0.25) is 0 Å². The van der Waals surface area contributed by atoms with Crippen LogP contribution in [0.4, 0.5) is 0 Å². The van der Waals surface area contributed by atoms with Crippen LogP contribution >= 0.6 is 11.8 Å². The van der Waals surface area contributed by atoms with Crippen molar-refractivity contribution in [1.82, 2.24) is 14.9 Å². The Hall–Kier alpha value is -2.28. The number of carbonyl (C=O) groups excluding carboxylic acids is 1. The van der Waals surface area contributed by atoms with Gasteiger partial charge in [0.15, 0.2) is 16.7 Å². The molecule has 1 aliphatic heterocycles. The number of thioether (sulfide) groups is 1. The Kier molecular flexibility index (Phi) is 5.66. The minimum atomic E-state index is 0.0930. The number of amides is 1. The summed E-state index contributed by atoms with van der Waals surface area (Å²) >= 11 is 1.53. The average molecular weight is 373 g/mol. The molecule has 0 saturated carbocycles. The van der Waals surface area contributed by atoms with E-state index < -0.39 is 0 Å². The lowest BCUT2D eigenvalue weighted by atomic mass is 10.1. The van der Waals surface area contributed by atoms with E-state index in [0.717, 1.165) is 39.2 Å². The highest BCUT2D eigenvalue weighted by molar-refractivity contribution is 7.98. The average Bonchev–Trinajstić information content (AvgIpc) is 3.08. The molecule has 26 heavy (non-hydrogen) atoms. The van der Waals surface area contributed by atoms with E-state index in [1.165, 1.54) is 11.8 Å². The zero-order chi connectivity index (χ0) is 18.7. The maximum Gasteiger partial charge on any atom is 0.231 e. The lowest BCUT2D eigenvalue weighted by Gasteiger charge is -2.18. The quantitative estimate of drug-likeness (QED) is 0.573. The molecule has 1 amide bonds. The SMILES string of the molecule is CSc1nc(C)c(CCC(=O)N(C)Cc2ccc3c(c2)OCO3)c(C)n1. The van der Waals surface area contributed by atoms with Gasteiger partial charge in [-0.3, -0.25) is 4.79 Å². The standard InChI is InChI=1S/C19H23N3O3S/c1-12-15(13(2)21-19(20-12)26-4)6-8-18(23)22(3)10-14-5-7-16-17(9-14)25-11-24-16/h5,7,9H,6,8,10-11H2,1-4H3. The fourth-order valence-corrected chi connectivity index (χ4v) is 3.44. The largest absolute Gasteiger partial charge is 0.454 e. The van der Waals surface area contributed by atoms with Gasteiger partial charge in [-0.15, -0.1) is 0 Å². The number of aromatic nitrogens is 2. The molecule has 2 heterocycles.